The van der Waals surface area contributed by atoms with Crippen molar-refractivity contribution in [2.45, 2.75) is 38.1 Å². The monoisotopic (exact) mass is 300 g/mol. The van der Waals surface area contributed by atoms with Gasteiger partial charge in [0.2, 0.25) is 0 Å². The Morgan fingerprint density at radius 1 is 1.35 bits per heavy atom. The molecule has 1 heterocycles. The van der Waals surface area contributed by atoms with Crippen molar-refractivity contribution in [2.24, 2.45) is 5.92 Å². The molecule has 3 heteroatoms. The predicted octanol–water partition coefficient (Wildman–Crippen LogP) is 4.30. The third-order valence-electron chi connectivity index (χ3n) is 3.42. The summed E-state index contributed by atoms with van der Waals surface area (Å²) < 4.78 is 19.2. The normalized spacial score (nSPS) is 26.2. The highest BCUT2D eigenvalue weighted by molar-refractivity contribution is 9.09. The molecule has 0 amide bonds. The molecule has 0 aromatic heterocycles. The average Bonchev–Trinajstić information content (AvgIpc) is 2.71. The van der Waals surface area contributed by atoms with Gasteiger partial charge in [-0.15, -0.1) is 0 Å². The molecular formula is C14H18BrFO. The maximum Gasteiger partial charge on any atom is 0.129 e. The van der Waals surface area contributed by atoms with Gasteiger partial charge in [0.1, 0.15) is 5.82 Å². The zero-order valence-electron chi connectivity index (χ0n) is 10.5. The molecule has 0 radical (unpaired) electrons. The number of hydrogen-bond acceptors (Lipinski definition) is 1. The molecule has 0 saturated carbocycles. The van der Waals surface area contributed by atoms with Crippen LogP contribution >= 0.6 is 15.9 Å². The van der Waals surface area contributed by atoms with E-state index in [0.717, 1.165) is 29.7 Å². The van der Waals surface area contributed by atoms with Crippen LogP contribution in [0.1, 0.15) is 34.9 Å². The minimum absolute atomic E-state index is 0.0931. The number of hydrogen-bond donors (Lipinski definition) is 0. The molecule has 1 aliphatic rings. The molecule has 17 heavy (non-hydrogen) atoms. The fraction of sp³-hybridized carbons (Fsp3) is 0.571. The van der Waals surface area contributed by atoms with Crippen molar-refractivity contribution in [3.8, 4) is 0 Å². The van der Waals surface area contributed by atoms with Crippen molar-refractivity contribution in [2.75, 3.05) is 6.61 Å². The van der Waals surface area contributed by atoms with Gasteiger partial charge in [-0.3, -0.25) is 0 Å². The van der Waals surface area contributed by atoms with E-state index in [9.17, 15) is 4.39 Å². The smallest absolute Gasteiger partial charge is 0.129 e. The Morgan fingerprint density at radius 2 is 1.94 bits per heavy atom. The first-order chi connectivity index (χ1) is 7.99. The van der Waals surface area contributed by atoms with Crippen LogP contribution in [0.15, 0.2) is 12.1 Å². The highest BCUT2D eigenvalue weighted by Crippen LogP contribution is 2.38. The molecule has 3 unspecified atom stereocenters. The number of halogens is 2. The topological polar surface area (TPSA) is 9.23 Å². The van der Waals surface area contributed by atoms with Gasteiger partial charge in [0.25, 0.3) is 0 Å². The number of alkyl halides is 1. The van der Waals surface area contributed by atoms with Gasteiger partial charge in [0.05, 0.1) is 12.7 Å². The van der Waals surface area contributed by atoms with Crippen LogP contribution in [-0.4, -0.2) is 12.7 Å². The van der Waals surface area contributed by atoms with Gasteiger partial charge >= 0.3 is 0 Å². The molecule has 2 rings (SSSR count). The predicted molar refractivity (Wildman–Crippen MR) is 71.1 cm³/mol. The van der Waals surface area contributed by atoms with Crippen molar-refractivity contribution in [1.29, 1.82) is 0 Å². The molecule has 1 nitrogen and oxygen atoms in total. The Kier molecular flexibility index (Phi) is 3.88. The highest BCUT2D eigenvalue weighted by Gasteiger charge is 2.29. The van der Waals surface area contributed by atoms with E-state index < -0.39 is 0 Å². The van der Waals surface area contributed by atoms with E-state index in [4.69, 9.17) is 4.74 Å². The second-order valence-electron chi connectivity index (χ2n) is 5.01. The van der Waals surface area contributed by atoms with Crippen LogP contribution in [-0.2, 0) is 4.74 Å². The molecule has 3 atom stereocenters. The quantitative estimate of drug-likeness (QED) is 0.740. The second-order valence-corrected chi connectivity index (χ2v) is 6.00. The maximum absolute atomic E-state index is 13.6. The lowest BCUT2D eigenvalue weighted by Crippen LogP contribution is -2.08. The summed E-state index contributed by atoms with van der Waals surface area (Å²) in [7, 11) is 0. The Hall–Kier alpha value is -0.410. The SMILES string of the molecule is Cc1cc(C(Br)C2COC(C)C2)cc(C)c1F. The average molecular weight is 301 g/mol. The van der Waals surface area contributed by atoms with Crippen LogP contribution in [0.2, 0.25) is 0 Å². The van der Waals surface area contributed by atoms with Crippen LogP contribution in [0.3, 0.4) is 0 Å². The lowest BCUT2D eigenvalue weighted by atomic mass is 9.94. The molecule has 1 saturated heterocycles. The Balaban J connectivity index is 2.22. The molecule has 0 bridgehead atoms. The van der Waals surface area contributed by atoms with E-state index in [1.807, 2.05) is 26.0 Å². The van der Waals surface area contributed by atoms with Crippen LogP contribution < -0.4 is 0 Å². The molecular weight excluding hydrogens is 283 g/mol. The zero-order valence-corrected chi connectivity index (χ0v) is 12.1. The van der Waals surface area contributed by atoms with Crippen LogP contribution in [0, 0.1) is 25.6 Å². The van der Waals surface area contributed by atoms with Crippen molar-refractivity contribution in [1.82, 2.24) is 0 Å². The van der Waals surface area contributed by atoms with Crippen molar-refractivity contribution >= 4 is 15.9 Å². The summed E-state index contributed by atoms with van der Waals surface area (Å²) >= 11 is 3.73. The van der Waals surface area contributed by atoms with E-state index in [1.165, 1.54) is 0 Å². The number of ether oxygens (including phenoxy) is 1. The van der Waals surface area contributed by atoms with Gasteiger partial charge in [-0.25, -0.2) is 4.39 Å². The summed E-state index contributed by atoms with van der Waals surface area (Å²) in [6, 6.07) is 3.87. The van der Waals surface area contributed by atoms with Gasteiger partial charge < -0.3 is 4.74 Å². The van der Waals surface area contributed by atoms with E-state index in [0.29, 0.717) is 12.0 Å². The Bertz CT molecular complexity index is 396. The Labute approximate surface area is 110 Å². The largest absolute Gasteiger partial charge is 0.378 e. The Morgan fingerprint density at radius 3 is 2.41 bits per heavy atom. The number of aryl methyl sites for hydroxylation is 2. The first kappa shape index (κ1) is 13.0. The van der Waals surface area contributed by atoms with Gasteiger partial charge in [0.15, 0.2) is 0 Å². The maximum atomic E-state index is 13.6. The zero-order chi connectivity index (χ0) is 12.6. The highest BCUT2D eigenvalue weighted by atomic mass is 79.9. The molecule has 0 N–H and O–H groups in total. The molecule has 1 aromatic carbocycles. The van der Waals surface area contributed by atoms with Gasteiger partial charge in [0, 0.05) is 10.7 Å². The van der Waals surface area contributed by atoms with Gasteiger partial charge in [-0.1, -0.05) is 28.1 Å². The lowest BCUT2D eigenvalue weighted by molar-refractivity contribution is 0.120. The summed E-state index contributed by atoms with van der Waals surface area (Å²) in [6.07, 6.45) is 1.40. The van der Waals surface area contributed by atoms with E-state index in [-0.39, 0.29) is 10.6 Å². The molecule has 1 aromatic rings. The minimum atomic E-state index is -0.0931. The third kappa shape index (κ3) is 2.71. The lowest BCUT2D eigenvalue weighted by Gasteiger charge is -2.18. The minimum Gasteiger partial charge on any atom is -0.378 e. The molecule has 1 aliphatic heterocycles. The van der Waals surface area contributed by atoms with Crippen LogP contribution in [0.25, 0.3) is 0 Å². The van der Waals surface area contributed by atoms with Crippen molar-refractivity contribution < 1.29 is 9.13 Å². The summed E-state index contributed by atoms with van der Waals surface area (Å²) in [5, 5.41) is 0. The summed E-state index contributed by atoms with van der Waals surface area (Å²) in [4.78, 5) is 0.255. The second kappa shape index (κ2) is 5.07. The first-order valence-electron chi connectivity index (χ1n) is 6.01. The summed E-state index contributed by atoms with van der Waals surface area (Å²) in [5.41, 5.74) is 2.59. The molecule has 94 valence electrons. The van der Waals surface area contributed by atoms with Crippen LogP contribution in [0.4, 0.5) is 4.39 Å². The standard InChI is InChI=1S/C14H18BrFO/c1-8-4-11(5-9(2)14(8)16)13(15)12-6-10(3)17-7-12/h4-5,10,12-13H,6-7H2,1-3H3. The first-order valence-corrected chi connectivity index (χ1v) is 6.93. The van der Waals surface area contributed by atoms with Gasteiger partial charge in [-0.05, 0) is 43.9 Å². The van der Waals surface area contributed by atoms with E-state index in [2.05, 4.69) is 22.9 Å². The fourth-order valence-electron chi connectivity index (χ4n) is 2.47. The summed E-state index contributed by atoms with van der Waals surface area (Å²) in [6.45, 7) is 6.52. The van der Waals surface area contributed by atoms with E-state index >= 15 is 0 Å². The number of rotatable bonds is 2. The third-order valence-corrected chi connectivity index (χ3v) is 4.70. The van der Waals surface area contributed by atoms with Crippen molar-refractivity contribution in [3.05, 3.63) is 34.6 Å². The van der Waals surface area contributed by atoms with Gasteiger partial charge in [-0.2, -0.15) is 0 Å². The number of benzene rings is 1. The van der Waals surface area contributed by atoms with Crippen molar-refractivity contribution in [3.63, 3.8) is 0 Å². The molecule has 0 aliphatic carbocycles. The molecule has 0 spiro atoms. The van der Waals surface area contributed by atoms with E-state index in [1.54, 1.807) is 0 Å². The summed E-state index contributed by atoms with van der Waals surface area (Å²) in [5.74, 6) is 0.388. The van der Waals surface area contributed by atoms with Crippen LogP contribution in [0.5, 0.6) is 0 Å². The molecule has 1 fully saturated rings. The fourth-order valence-corrected chi connectivity index (χ4v) is 3.10.